The lowest BCUT2D eigenvalue weighted by molar-refractivity contribution is -0.147. The van der Waals surface area contributed by atoms with Gasteiger partial charge in [-0.1, -0.05) is 70.9 Å². The second-order valence-corrected chi connectivity index (χ2v) is 32.3. The predicted molar refractivity (Wildman–Crippen MR) is 562 cm³/mol. The number of carbonyl (C=O) groups excluding carboxylic acids is 3. The summed E-state index contributed by atoms with van der Waals surface area (Å²) in [4.78, 5) is 168. The van der Waals surface area contributed by atoms with Gasteiger partial charge in [-0.3, -0.25) is 33.6 Å². The highest BCUT2D eigenvalue weighted by atomic mass is 35.5. The fraction of sp³-hybridized carbons (Fsp3) is 0.280. The summed E-state index contributed by atoms with van der Waals surface area (Å²) in [5.41, 5.74) is 76.2. The molecule has 146 heavy (non-hydrogen) atoms. The number of carboxylic acid groups (broad SMARTS) is 6. The molecular weight excluding hydrogens is 1940 g/mol. The zero-order valence-corrected chi connectivity index (χ0v) is 83.2. The largest absolute Gasteiger partial charge is 0.480 e. The molecule has 786 valence electrons. The Morgan fingerprint density at radius 2 is 0.719 bits per heavy atom. The zero-order valence-electron chi connectivity index (χ0n) is 81.6. The highest BCUT2D eigenvalue weighted by molar-refractivity contribution is 5.90. The van der Waals surface area contributed by atoms with Gasteiger partial charge in [-0.05, 0) is 178 Å². The summed E-state index contributed by atoms with van der Waals surface area (Å²) in [6, 6.07) is 45.9. The number of nitrogens with one attached hydrogen (secondary N) is 3. The molecule has 3 amide bonds. The van der Waals surface area contributed by atoms with Gasteiger partial charge in [0.25, 0.3) is 0 Å². The summed E-state index contributed by atoms with van der Waals surface area (Å²) < 4.78 is 29.9. The van der Waals surface area contributed by atoms with E-state index < -0.39 is 77.8 Å². The smallest absolute Gasteiger partial charge is 0.336 e. The summed E-state index contributed by atoms with van der Waals surface area (Å²) in [7, 11) is 0. The monoisotopic (exact) mass is 2070 g/mol. The van der Waals surface area contributed by atoms with Crippen molar-refractivity contribution in [1.29, 1.82) is 0 Å². The summed E-state index contributed by atoms with van der Waals surface area (Å²) >= 11 is 0. The van der Waals surface area contributed by atoms with Crippen molar-refractivity contribution < 1.29 is 100 Å². The van der Waals surface area contributed by atoms with E-state index in [1.807, 2.05) is 136 Å². The van der Waals surface area contributed by atoms with Crippen molar-refractivity contribution >= 4 is 178 Å². The van der Waals surface area contributed by atoms with Crippen LogP contribution in [-0.4, -0.2) is 162 Å². The second-order valence-electron chi connectivity index (χ2n) is 32.3. The molecule has 7 aromatic carbocycles. The summed E-state index contributed by atoms with van der Waals surface area (Å²) in [6.45, 7) is 18.4. The molecule has 0 bridgehead atoms. The molecule has 0 spiro atoms. The highest BCUT2D eigenvalue weighted by Crippen LogP contribution is 2.25. The van der Waals surface area contributed by atoms with Crippen molar-refractivity contribution in [3.8, 4) is 0 Å². The standard InChI is InChI=1S/C11H14N2O3.6C10H9NO2.C7H12N2O3.C6H9N3O2.2C6H13NO2.C4H8N2O3.2ClH/c12-7-10(14)13-9(11(15)16)6-8-4-2-1-3-5-8;6*1-6-4-10(12)13-9-5-7(11)2-3-8(6)9;8-4-6(10)9-3-1-2-5(9)7(11)12;7-5(6(10)11)1-4-2-8-3-9-4;2*1-3-4(2)5(7)6(8)9;5-1-3(7)6-2-4(8)9;;/h1-5,9H,6-7,12H2,(H,13,14)(H,15,16);6*2-5H,11H2,1H3;5H,1-4,8H2,(H,11,12);2-3,5H,1,7H2,(H,8,9)(H,10,11);2*4-5H,3,7H2,1-2H3,(H,8,9);1-2,5H2,(H,6,7)(H,8,9);2*1H/t9-;;;;;;;2*5-;2*4-,5-;;;/m0......0000.../s1. The summed E-state index contributed by atoms with van der Waals surface area (Å²) in [6.07, 6.45) is 6.51. The molecule has 7 aromatic heterocycles. The lowest BCUT2D eigenvalue weighted by atomic mass is 10.0. The number of likely N-dealkylation sites (tertiary alicyclic amines) is 1. The van der Waals surface area contributed by atoms with Gasteiger partial charge in [0.05, 0.1) is 26.0 Å². The van der Waals surface area contributed by atoms with Gasteiger partial charge in [0, 0.05) is 171 Å². The van der Waals surface area contributed by atoms with Crippen molar-refractivity contribution in [2.24, 2.45) is 46.2 Å². The Hall–Kier alpha value is -16.6. The van der Waals surface area contributed by atoms with E-state index in [9.17, 15) is 71.9 Å². The van der Waals surface area contributed by atoms with Crippen molar-refractivity contribution in [3.05, 3.63) is 296 Å². The van der Waals surface area contributed by atoms with Gasteiger partial charge in [-0.2, -0.15) is 0 Å². The fourth-order valence-electron chi connectivity index (χ4n) is 12.8. The molecule has 0 saturated carbocycles. The molecule has 1 aliphatic heterocycles. The lowest BCUT2D eigenvalue weighted by Gasteiger charge is -2.20. The predicted octanol–water partition coefficient (Wildman–Crippen LogP) is 8.12. The molecular formula is C100H125Cl2N17O27. The van der Waals surface area contributed by atoms with Crippen LogP contribution in [0.25, 0.3) is 65.8 Å². The quantitative estimate of drug-likeness (QED) is 0.0268. The lowest BCUT2D eigenvalue weighted by Crippen LogP contribution is -2.44. The van der Waals surface area contributed by atoms with Gasteiger partial charge >= 0.3 is 69.6 Å². The number of imidazole rings is 1. The first-order valence-electron chi connectivity index (χ1n) is 44.2. The van der Waals surface area contributed by atoms with Crippen LogP contribution in [0.2, 0.25) is 0 Å². The van der Waals surface area contributed by atoms with Crippen LogP contribution in [0.15, 0.2) is 244 Å². The third kappa shape index (κ3) is 43.1. The SMILES string of the molecule is CC[C@H](C)[C@H](N)C(=O)O.CC[C@H](C)[C@H](N)C(=O)O.Cc1cc(=O)oc2cc(N)ccc12.Cc1cc(=O)oc2cc(N)ccc12.Cc1cc(=O)oc2cc(N)ccc12.Cc1cc(=O)oc2cc(N)ccc12.Cc1cc(=O)oc2cc(N)ccc12.Cc1cc(=O)oc2cc(N)ccc12.Cl.Cl.NCC(=O)N1CCC[C@H]1C(=O)O.NCC(=O)NCC(=O)O.NCC(=O)N[C@@H](Cc1ccccc1)C(=O)O.N[C@@H](Cc1cnc[nH]1)C(=O)O. The number of fused-ring (bicyclic) bond motifs is 6. The van der Waals surface area contributed by atoms with E-state index in [2.05, 4.69) is 20.6 Å². The van der Waals surface area contributed by atoms with Gasteiger partial charge < -0.3 is 146 Å². The van der Waals surface area contributed by atoms with Crippen LogP contribution in [0.5, 0.6) is 0 Å². The number of aromatic amines is 1. The van der Waals surface area contributed by atoms with Crippen molar-refractivity contribution in [2.75, 3.05) is 67.1 Å². The molecule has 1 saturated heterocycles. The van der Waals surface area contributed by atoms with Crippen LogP contribution >= 0.6 is 24.8 Å². The maximum atomic E-state index is 11.1. The Morgan fingerprint density at radius 3 is 0.945 bits per heavy atom. The highest BCUT2D eigenvalue weighted by Gasteiger charge is 2.33. The Kier molecular flexibility index (Phi) is 53.8. The zero-order chi connectivity index (χ0) is 108. The summed E-state index contributed by atoms with van der Waals surface area (Å²) in [5, 5.41) is 60.7. The van der Waals surface area contributed by atoms with Crippen molar-refractivity contribution in [3.63, 3.8) is 0 Å². The van der Waals surface area contributed by atoms with Crippen molar-refractivity contribution in [2.45, 2.75) is 138 Å². The van der Waals surface area contributed by atoms with E-state index in [0.29, 0.717) is 80.6 Å². The van der Waals surface area contributed by atoms with E-state index >= 15 is 0 Å². The molecule has 0 aliphatic carbocycles. The molecule has 46 heteroatoms. The van der Waals surface area contributed by atoms with E-state index in [1.165, 1.54) is 47.6 Å². The Labute approximate surface area is 846 Å². The number of hydrogen-bond donors (Lipinski definition) is 21. The number of halogens is 2. The molecule has 33 N–H and O–H groups in total. The molecule has 1 fully saturated rings. The number of nitrogens with two attached hydrogens (primary N) is 12. The number of anilines is 6. The molecule has 0 radical (unpaired) electrons. The third-order valence-electron chi connectivity index (χ3n) is 21.0. The Balaban J connectivity index is 0.000000539. The number of hydrogen-bond acceptors (Lipinski definition) is 34. The molecule has 7 atom stereocenters. The number of rotatable bonds is 19. The van der Waals surface area contributed by atoms with Gasteiger partial charge in [-0.25, -0.2) is 43.3 Å². The number of aliphatic carboxylic acids is 6. The van der Waals surface area contributed by atoms with Crippen molar-refractivity contribution in [1.82, 2.24) is 25.5 Å². The van der Waals surface area contributed by atoms with Crippen LogP contribution in [0, 0.1) is 53.4 Å². The van der Waals surface area contributed by atoms with E-state index in [-0.39, 0.29) is 115 Å². The number of aryl methyl sites for hydroxylation is 6. The minimum atomic E-state index is -1.07. The number of nitrogens with zero attached hydrogens (tertiary/aromatic N) is 2. The van der Waals surface area contributed by atoms with Gasteiger partial charge in [0.15, 0.2) is 0 Å². The Morgan fingerprint density at radius 1 is 0.418 bits per heavy atom. The average Bonchev–Trinajstić information content (AvgIpc) is 1.02. The first-order valence-corrected chi connectivity index (χ1v) is 44.2. The fourth-order valence-corrected chi connectivity index (χ4v) is 12.8. The number of carboxylic acids is 6. The number of carbonyl (C=O) groups is 9. The number of aromatic nitrogens is 2. The van der Waals surface area contributed by atoms with Gasteiger partial charge in [0.2, 0.25) is 17.7 Å². The van der Waals surface area contributed by atoms with Crippen LogP contribution in [0.3, 0.4) is 0 Å². The number of nitrogen functional groups attached to an aromatic ring is 6. The van der Waals surface area contributed by atoms with E-state index in [4.69, 9.17) is 126 Å². The molecule has 44 nitrogen and oxygen atoms in total. The first kappa shape index (κ1) is 125. The third-order valence-corrected chi connectivity index (χ3v) is 21.0. The maximum Gasteiger partial charge on any atom is 0.336 e. The minimum absolute atomic E-state index is 0. The van der Waals surface area contributed by atoms with Crippen LogP contribution in [-0.2, 0) is 56.0 Å². The van der Waals surface area contributed by atoms with E-state index in [1.54, 1.807) is 79.0 Å². The van der Waals surface area contributed by atoms with Crippen LogP contribution < -0.4 is 113 Å². The van der Waals surface area contributed by atoms with E-state index in [0.717, 1.165) is 96.2 Å². The van der Waals surface area contributed by atoms with Crippen LogP contribution in [0.4, 0.5) is 34.1 Å². The first-order chi connectivity index (χ1) is 67.8. The molecule has 8 heterocycles. The summed E-state index contributed by atoms with van der Waals surface area (Å²) in [5.74, 6) is -6.96. The molecule has 14 aromatic rings. The molecule has 0 unspecified atom stereocenters. The maximum absolute atomic E-state index is 11.1. The Bertz CT molecular complexity index is 6320. The molecule has 15 rings (SSSR count). The minimum Gasteiger partial charge on any atom is -0.480 e. The van der Waals surface area contributed by atoms with Gasteiger partial charge in [-0.15, -0.1) is 24.8 Å². The number of benzene rings is 7. The van der Waals surface area contributed by atoms with Crippen LogP contribution in [0.1, 0.15) is 98.0 Å². The normalized spacial score (nSPS) is 12.4. The number of amides is 3. The topological polar surface area (TPSA) is 824 Å². The second kappa shape index (κ2) is 62.6. The van der Waals surface area contributed by atoms with Gasteiger partial charge in [0.1, 0.15) is 70.3 Å². The molecule has 1 aliphatic rings. The average molecular weight is 2070 g/mol. The number of H-pyrrole nitrogens is 1.